The van der Waals surface area contributed by atoms with Gasteiger partial charge in [-0.2, -0.15) is 13.2 Å². The first-order chi connectivity index (χ1) is 8.79. The Balaban J connectivity index is 2.16. The summed E-state index contributed by atoms with van der Waals surface area (Å²) in [4.78, 5) is 0. The van der Waals surface area contributed by atoms with Gasteiger partial charge in [-0.1, -0.05) is 13.8 Å². The average Bonchev–Trinajstić information content (AvgIpc) is 2.70. The highest BCUT2D eigenvalue weighted by atomic mass is 19.4. The smallest absolute Gasteiger partial charge is 0.327 e. The molecule has 0 bridgehead atoms. The fourth-order valence-electron chi connectivity index (χ4n) is 2.25. The largest absolute Gasteiger partial charge is 0.393 e. The van der Waals surface area contributed by atoms with Crippen molar-refractivity contribution in [1.29, 1.82) is 0 Å². The van der Waals surface area contributed by atoms with Crippen LogP contribution in [0.5, 0.6) is 0 Å². The second-order valence-corrected chi connectivity index (χ2v) is 5.53. The lowest BCUT2D eigenvalue weighted by Gasteiger charge is -2.26. The van der Waals surface area contributed by atoms with Crippen molar-refractivity contribution < 1.29 is 13.2 Å². The minimum Gasteiger partial charge on any atom is -0.327 e. The fourth-order valence-corrected chi connectivity index (χ4v) is 2.25. The first-order valence-electron chi connectivity index (χ1n) is 6.52. The molecule has 2 rings (SSSR count). The molecule has 0 aliphatic carbocycles. The van der Waals surface area contributed by atoms with Crippen LogP contribution in [-0.2, 0) is 19.4 Å². The first-order valence-corrected chi connectivity index (χ1v) is 6.52. The minimum absolute atomic E-state index is 0.0774. The highest BCUT2D eigenvalue weighted by Crippen LogP contribution is 2.34. The molecule has 0 saturated heterocycles. The molecule has 0 saturated carbocycles. The Labute approximate surface area is 110 Å². The SMILES string of the molecule is CC(C)C(N)Cc1nnc2n1CC(C(F)(F)F)CC2. The average molecular weight is 276 g/mol. The van der Waals surface area contributed by atoms with Gasteiger partial charge in [0.05, 0.1) is 5.92 Å². The number of aromatic nitrogens is 3. The van der Waals surface area contributed by atoms with Crippen LogP contribution in [0.25, 0.3) is 0 Å². The number of nitrogens with zero attached hydrogens (tertiary/aromatic N) is 3. The van der Waals surface area contributed by atoms with Gasteiger partial charge in [0, 0.05) is 25.4 Å². The molecule has 0 aromatic carbocycles. The molecule has 108 valence electrons. The lowest BCUT2D eigenvalue weighted by molar-refractivity contribution is -0.182. The van der Waals surface area contributed by atoms with E-state index >= 15 is 0 Å². The van der Waals surface area contributed by atoms with Crippen molar-refractivity contribution in [2.75, 3.05) is 0 Å². The van der Waals surface area contributed by atoms with E-state index in [-0.39, 0.29) is 24.9 Å². The van der Waals surface area contributed by atoms with E-state index in [1.807, 2.05) is 13.8 Å². The summed E-state index contributed by atoms with van der Waals surface area (Å²) in [5.74, 6) is 0.177. The summed E-state index contributed by atoms with van der Waals surface area (Å²) in [6.07, 6.45) is -3.26. The van der Waals surface area contributed by atoms with Crippen molar-refractivity contribution in [3.8, 4) is 0 Å². The Morgan fingerprint density at radius 3 is 2.63 bits per heavy atom. The molecule has 4 nitrogen and oxygen atoms in total. The van der Waals surface area contributed by atoms with Crippen LogP contribution in [-0.4, -0.2) is 27.0 Å². The van der Waals surface area contributed by atoms with E-state index in [1.54, 1.807) is 4.57 Å². The summed E-state index contributed by atoms with van der Waals surface area (Å²) in [7, 11) is 0. The van der Waals surface area contributed by atoms with Crippen molar-refractivity contribution in [2.24, 2.45) is 17.6 Å². The Bertz CT molecular complexity index is 439. The lowest BCUT2D eigenvalue weighted by Crippen LogP contribution is -2.35. The number of alkyl halides is 3. The van der Waals surface area contributed by atoms with Crippen LogP contribution in [0.3, 0.4) is 0 Å². The number of hydrogen-bond acceptors (Lipinski definition) is 3. The quantitative estimate of drug-likeness (QED) is 0.917. The van der Waals surface area contributed by atoms with Gasteiger partial charge in [0.25, 0.3) is 0 Å². The molecule has 1 aromatic heterocycles. The molecule has 0 amide bonds. The maximum atomic E-state index is 12.8. The van der Waals surface area contributed by atoms with Gasteiger partial charge in [0.15, 0.2) is 0 Å². The van der Waals surface area contributed by atoms with Crippen LogP contribution < -0.4 is 5.73 Å². The van der Waals surface area contributed by atoms with Crippen LogP contribution in [0.1, 0.15) is 31.9 Å². The molecule has 0 fully saturated rings. The highest BCUT2D eigenvalue weighted by molar-refractivity contribution is 5.02. The van der Waals surface area contributed by atoms with Crippen molar-refractivity contribution in [3.05, 3.63) is 11.6 Å². The van der Waals surface area contributed by atoms with Gasteiger partial charge in [-0.3, -0.25) is 0 Å². The van der Waals surface area contributed by atoms with Gasteiger partial charge in [-0.15, -0.1) is 10.2 Å². The third kappa shape index (κ3) is 3.08. The van der Waals surface area contributed by atoms with Gasteiger partial charge in [-0.05, 0) is 12.3 Å². The van der Waals surface area contributed by atoms with Gasteiger partial charge < -0.3 is 10.3 Å². The number of aryl methyl sites for hydroxylation is 1. The van der Waals surface area contributed by atoms with E-state index in [0.29, 0.717) is 24.5 Å². The number of halogens is 3. The number of hydrogen-bond donors (Lipinski definition) is 1. The van der Waals surface area contributed by atoms with E-state index in [4.69, 9.17) is 5.73 Å². The summed E-state index contributed by atoms with van der Waals surface area (Å²) in [5, 5.41) is 7.98. The molecular formula is C12H19F3N4. The Kier molecular flexibility index (Phi) is 3.85. The maximum Gasteiger partial charge on any atom is 0.393 e. The third-order valence-corrected chi connectivity index (χ3v) is 3.76. The van der Waals surface area contributed by atoms with E-state index in [2.05, 4.69) is 10.2 Å². The third-order valence-electron chi connectivity index (χ3n) is 3.76. The van der Waals surface area contributed by atoms with Crippen molar-refractivity contribution in [2.45, 2.75) is 51.9 Å². The lowest BCUT2D eigenvalue weighted by atomic mass is 9.97. The second kappa shape index (κ2) is 5.11. The van der Waals surface area contributed by atoms with Crippen molar-refractivity contribution >= 4 is 0 Å². The molecule has 0 spiro atoms. The zero-order chi connectivity index (χ0) is 14.2. The topological polar surface area (TPSA) is 56.7 Å². The molecule has 1 aliphatic heterocycles. The number of nitrogens with two attached hydrogens (primary N) is 1. The van der Waals surface area contributed by atoms with Gasteiger partial charge in [0.1, 0.15) is 11.6 Å². The van der Waals surface area contributed by atoms with Crippen LogP contribution >= 0.6 is 0 Å². The van der Waals surface area contributed by atoms with Crippen LogP contribution in [0.15, 0.2) is 0 Å². The monoisotopic (exact) mass is 276 g/mol. The number of fused-ring (bicyclic) bond motifs is 1. The summed E-state index contributed by atoms with van der Waals surface area (Å²) in [6, 6.07) is -0.112. The molecule has 2 N–H and O–H groups in total. The maximum absolute atomic E-state index is 12.8. The second-order valence-electron chi connectivity index (χ2n) is 5.53. The summed E-state index contributed by atoms with van der Waals surface area (Å²) in [5.41, 5.74) is 5.96. The van der Waals surface area contributed by atoms with E-state index < -0.39 is 12.1 Å². The van der Waals surface area contributed by atoms with E-state index in [9.17, 15) is 13.2 Å². The molecular weight excluding hydrogens is 257 g/mol. The standard InChI is InChI=1S/C12H19F3N4/c1-7(2)9(16)5-11-18-17-10-4-3-8(6-19(10)11)12(13,14)15/h7-9H,3-6,16H2,1-2H3. The summed E-state index contributed by atoms with van der Waals surface area (Å²) in [6.45, 7) is 3.89. The van der Waals surface area contributed by atoms with Crippen LogP contribution in [0.2, 0.25) is 0 Å². The van der Waals surface area contributed by atoms with Crippen molar-refractivity contribution in [3.63, 3.8) is 0 Å². The predicted molar refractivity (Wildman–Crippen MR) is 64.4 cm³/mol. The molecule has 19 heavy (non-hydrogen) atoms. The molecule has 2 unspecified atom stereocenters. The normalized spacial score (nSPS) is 21.5. The molecule has 2 atom stereocenters. The van der Waals surface area contributed by atoms with Crippen LogP contribution in [0, 0.1) is 11.8 Å². The van der Waals surface area contributed by atoms with E-state index in [1.165, 1.54) is 0 Å². The summed E-state index contributed by atoms with van der Waals surface area (Å²) < 4.78 is 40.0. The van der Waals surface area contributed by atoms with Gasteiger partial charge in [0.2, 0.25) is 0 Å². The minimum atomic E-state index is -4.15. The Morgan fingerprint density at radius 1 is 1.37 bits per heavy atom. The van der Waals surface area contributed by atoms with Gasteiger partial charge >= 0.3 is 6.18 Å². The molecule has 7 heteroatoms. The van der Waals surface area contributed by atoms with Crippen molar-refractivity contribution in [1.82, 2.24) is 14.8 Å². The fraction of sp³-hybridized carbons (Fsp3) is 0.833. The molecule has 1 aliphatic rings. The molecule has 2 heterocycles. The first kappa shape index (κ1) is 14.3. The zero-order valence-corrected chi connectivity index (χ0v) is 11.1. The summed E-state index contributed by atoms with van der Waals surface area (Å²) >= 11 is 0. The zero-order valence-electron chi connectivity index (χ0n) is 11.1. The van der Waals surface area contributed by atoms with Crippen LogP contribution in [0.4, 0.5) is 13.2 Å². The predicted octanol–water partition coefficient (Wildman–Crippen LogP) is 1.93. The van der Waals surface area contributed by atoms with Gasteiger partial charge in [-0.25, -0.2) is 0 Å². The molecule has 0 radical (unpaired) electrons. The van der Waals surface area contributed by atoms with E-state index in [0.717, 1.165) is 0 Å². The number of rotatable bonds is 3. The molecule has 1 aromatic rings. The Hall–Kier alpha value is -1.11. The Morgan fingerprint density at radius 2 is 2.05 bits per heavy atom. The highest BCUT2D eigenvalue weighted by Gasteiger charge is 2.42.